The maximum atomic E-state index is 9.99. The van der Waals surface area contributed by atoms with E-state index >= 15 is 0 Å². The minimum Gasteiger partial charge on any atom is -0.508 e. The number of nitrogens with one attached hydrogen (secondary N) is 1. The molecule has 1 aromatic rings. The van der Waals surface area contributed by atoms with Crippen molar-refractivity contribution in [2.45, 2.75) is 86.5 Å². The van der Waals surface area contributed by atoms with Gasteiger partial charge in [-0.15, -0.1) is 0 Å². The molecule has 0 aromatic heterocycles. The van der Waals surface area contributed by atoms with Crippen LogP contribution in [0.1, 0.15) is 82.9 Å². The number of aliphatic hydroxyl groups excluding tert-OH is 1. The molecular weight excluding hydrogens is 368 g/mol. The Bertz CT molecular complexity index is 842. The van der Waals surface area contributed by atoms with Crippen LogP contribution in [-0.2, 0) is 6.42 Å². The van der Waals surface area contributed by atoms with Crippen LogP contribution in [0.15, 0.2) is 58.1 Å². The number of hydrogen-bond acceptors (Lipinski definition) is 3. The number of amidine groups is 1. The van der Waals surface area contributed by atoms with E-state index in [0.717, 1.165) is 42.1 Å². The Hall–Kier alpha value is -2.29. The van der Waals surface area contributed by atoms with E-state index in [0.29, 0.717) is 11.7 Å². The third-order valence-corrected chi connectivity index (χ3v) is 6.00. The van der Waals surface area contributed by atoms with Gasteiger partial charge in [0.25, 0.3) is 0 Å². The second-order valence-electron chi connectivity index (χ2n) is 8.70. The molecule has 0 spiro atoms. The lowest BCUT2D eigenvalue weighted by Gasteiger charge is -2.25. The number of nitrogens with zero attached hydrogens (tertiary/aromatic N) is 1. The molecule has 1 aliphatic carbocycles. The summed E-state index contributed by atoms with van der Waals surface area (Å²) in [6.07, 6.45) is 11.7. The highest BCUT2D eigenvalue weighted by Crippen LogP contribution is 2.25. The number of aliphatic hydroxyl groups is 1. The van der Waals surface area contributed by atoms with Gasteiger partial charge in [-0.05, 0) is 68.4 Å². The number of allylic oxidation sites excluding steroid dienone is 3. The molecular formula is C27H40N2O. The quantitative estimate of drug-likeness (QED) is 0.480. The van der Waals surface area contributed by atoms with Crippen LogP contribution < -0.4 is 5.32 Å². The Balaban J connectivity index is 0.000000269. The summed E-state index contributed by atoms with van der Waals surface area (Å²) >= 11 is 0. The minimum atomic E-state index is 0.391. The van der Waals surface area contributed by atoms with Gasteiger partial charge < -0.3 is 10.4 Å². The van der Waals surface area contributed by atoms with E-state index in [-0.39, 0.29) is 0 Å². The molecule has 3 nitrogen and oxygen atoms in total. The standard InChI is InChI=1S/C17H26N2O.C10H14/c1-4-5-6-7-13(3)17-18-14-9-8-12(2)16(20)11-15(10-14)19-17;1-4-10-6-5-8(2)9(3)7-10/h9,11,13,20H,4-8,10H2,1-3H3,(H,18,19);5-7H,4H2,1-3H3/b14-9+,15-11+,16-12+;. The van der Waals surface area contributed by atoms with E-state index in [1.54, 1.807) is 0 Å². The summed E-state index contributed by atoms with van der Waals surface area (Å²) in [5.41, 5.74) is 7.40. The number of hydrogen-bond donors (Lipinski definition) is 2. The molecule has 3 rings (SSSR count). The van der Waals surface area contributed by atoms with Crippen molar-refractivity contribution in [3.8, 4) is 0 Å². The highest BCUT2D eigenvalue weighted by Gasteiger charge is 2.19. The third-order valence-electron chi connectivity index (χ3n) is 6.00. The molecule has 3 heteroatoms. The van der Waals surface area contributed by atoms with Crippen LogP contribution in [0.5, 0.6) is 0 Å². The SMILES string of the molecule is CCCCCC(C)C1=N/C2=C/C/C(C)=C(O)\C=C(/C2)N1.CCc1ccc(C)c(C)c1. The molecule has 0 fully saturated rings. The summed E-state index contributed by atoms with van der Waals surface area (Å²) in [5, 5.41) is 13.4. The fourth-order valence-electron chi connectivity index (χ4n) is 3.59. The molecule has 164 valence electrons. The van der Waals surface area contributed by atoms with Gasteiger partial charge in [-0.3, -0.25) is 0 Å². The molecule has 0 amide bonds. The highest BCUT2D eigenvalue weighted by atomic mass is 16.3. The molecule has 30 heavy (non-hydrogen) atoms. The number of benzene rings is 1. The second kappa shape index (κ2) is 11.8. The zero-order valence-corrected chi connectivity index (χ0v) is 19.8. The van der Waals surface area contributed by atoms with Crippen molar-refractivity contribution >= 4 is 5.84 Å². The van der Waals surface area contributed by atoms with Crippen molar-refractivity contribution in [2.24, 2.45) is 10.9 Å². The average molecular weight is 409 g/mol. The third kappa shape index (κ3) is 7.19. The van der Waals surface area contributed by atoms with Crippen molar-refractivity contribution in [3.63, 3.8) is 0 Å². The Labute approximate surface area is 183 Å². The first-order valence-electron chi connectivity index (χ1n) is 11.5. The maximum absolute atomic E-state index is 9.99. The highest BCUT2D eigenvalue weighted by molar-refractivity contribution is 5.88. The number of aryl methyl sites for hydroxylation is 3. The van der Waals surface area contributed by atoms with Crippen LogP contribution in [0.4, 0.5) is 0 Å². The van der Waals surface area contributed by atoms with Crippen molar-refractivity contribution in [3.05, 3.63) is 69.8 Å². The molecule has 0 radical (unpaired) electrons. The molecule has 1 atom stereocenters. The van der Waals surface area contributed by atoms with E-state index in [1.165, 1.54) is 42.4 Å². The van der Waals surface area contributed by atoms with Crippen LogP contribution in [-0.4, -0.2) is 10.9 Å². The van der Waals surface area contributed by atoms with Gasteiger partial charge in [-0.25, -0.2) is 4.99 Å². The Morgan fingerprint density at radius 2 is 1.87 bits per heavy atom. The number of rotatable bonds is 6. The number of unbranched alkanes of at least 4 members (excludes halogenated alkanes) is 2. The summed E-state index contributed by atoms with van der Waals surface area (Å²) in [4.78, 5) is 4.76. The van der Waals surface area contributed by atoms with Gasteiger partial charge in [0.2, 0.25) is 0 Å². The molecule has 1 aromatic carbocycles. The Morgan fingerprint density at radius 1 is 1.10 bits per heavy atom. The fourth-order valence-corrected chi connectivity index (χ4v) is 3.59. The molecule has 2 N–H and O–H groups in total. The van der Waals surface area contributed by atoms with Gasteiger partial charge in [0, 0.05) is 23.7 Å². The number of fused-ring (bicyclic) bond motifs is 2. The summed E-state index contributed by atoms with van der Waals surface area (Å²) in [6.45, 7) is 12.9. The predicted molar refractivity (Wildman–Crippen MR) is 130 cm³/mol. The van der Waals surface area contributed by atoms with E-state index in [1.807, 2.05) is 13.0 Å². The van der Waals surface area contributed by atoms with E-state index in [9.17, 15) is 5.11 Å². The lowest BCUT2D eigenvalue weighted by atomic mass is 9.99. The molecule has 1 unspecified atom stereocenters. The van der Waals surface area contributed by atoms with E-state index in [4.69, 9.17) is 4.99 Å². The summed E-state index contributed by atoms with van der Waals surface area (Å²) in [5.74, 6) is 1.89. The molecule has 1 heterocycles. The lowest BCUT2D eigenvalue weighted by Crippen LogP contribution is -2.32. The van der Waals surface area contributed by atoms with Crippen LogP contribution >= 0.6 is 0 Å². The Kier molecular flexibility index (Phi) is 9.42. The predicted octanol–water partition coefficient (Wildman–Crippen LogP) is 7.46. The lowest BCUT2D eigenvalue weighted by molar-refractivity contribution is 0.422. The van der Waals surface area contributed by atoms with Gasteiger partial charge in [0.1, 0.15) is 11.6 Å². The molecule has 2 aliphatic rings. The van der Waals surface area contributed by atoms with Gasteiger partial charge in [0.15, 0.2) is 0 Å². The minimum absolute atomic E-state index is 0.391. The van der Waals surface area contributed by atoms with Crippen molar-refractivity contribution in [2.75, 3.05) is 0 Å². The van der Waals surface area contributed by atoms with Gasteiger partial charge in [0.05, 0.1) is 0 Å². The van der Waals surface area contributed by atoms with Gasteiger partial charge >= 0.3 is 0 Å². The molecule has 2 bridgehead atoms. The van der Waals surface area contributed by atoms with Gasteiger partial charge in [-0.2, -0.15) is 0 Å². The molecule has 1 aliphatic heterocycles. The van der Waals surface area contributed by atoms with Crippen molar-refractivity contribution < 1.29 is 5.11 Å². The van der Waals surface area contributed by atoms with Crippen LogP contribution in [0, 0.1) is 19.8 Å². The Morgan fingerprint density at radius 3 is 2.53 bits per heavy atom. The van der Waals surface area contributed by atoms with Crippen LogP contribution in [0.2, 0.25) is 0 Å². The number of aliphatic imine (C=N–C) groups is 1. The maximum Gasteiger partial charge on any atom is 0.116 e. The van der Waals surface area contributed by atoms with Crippen molar-refractivity contribution in [1.82, 2.24) is 5.32 Å². The fraction of sp³-hybridized carbons (Fsp3) is 0.519. The smallest absolute Gasteiger partial charge is 0.116 e. The van der Waals surface area contributed by atoms with Crippen molar-refractivity contribution in [1.29, 1.82) is 0 Å². The summed E-state index contributed by atoms with van der Waals surface area (Å²) < 4.78 is 0. The first-order valence-corrected chi connectivity index (χ1v) is 11.5. The first-order chi connectivity index (χ1) is 14.3. The second-order valence-corrected chi connectivity index (χ2v) is 8.70. The zero-order chi connectivity index (χ0) is 22.1. The monoisotopic (exact) mass is 408 g/mol. The molecule has 0 saturated heterocycles. The normalized spacial score (nSPS) is 22.7. The molecule has 0 saturated carbocycles. The first kappa shape index (κ1) is 24.0. The average Bonchev–Trinajstić information content (AvgIpc) is 2.73. The van der Waals surface area contributed by atoms with Crippen LogP contribution in [0.3, 0.4) is 0 Å². The summed E-state index contributed by atoms with van der Waals surface area (Å²) in [7, 11) is 0. The van der Waals surface area contributed by atoms with E-state index < -0.39 is 0 Å². The van der Waals surface area contributed by atoms with Gasteiger partial charge in [-0.1, -0.05) is 64.3 Å². The topological polar surface area (TPSA) is 44.6 Å². The zero-order valence-electron chi connectivity index (χ0n) is 19.8. The largest absolute Gasteiger partial charge is 0.508 e. The van der Waals surface area contributed by atoms with E-state index in [2.05, 4.69) is 64.2 Å². The summed E-state index contributed by atoms with van der Waals surface area (Å²) in [6, 6.07) is 6.64. The van der Waals surface area contributed by atoms with Crippen LogP contribution in [0.25, 0.3) is 0 Å².